The fourth-order valence-corrected chi connectivity index (χ4v) is 2.39. The third kappa shape index (κ3) is 3.27. The number of aryl methyl sites for hydroxylation is 1. The molecule has 1 fully saturated rings. The zero-order chi connectivity index (χ0) is 15.5. The van der Waals surface area contributed by atoms with E-state index in [0.717, 1.165) is 5.75 Å². The molecular formula is C16H19N3O3. The van der Waals surface area contributed by atoms with Gasteiger partial charge in [0.05, 0.1) is 12.5 Å². The van der Waals surface area contributed by atoms with Gasteiger partial charge in [-0.3, -0.25) is 4.79 Å². The van der Waals surface area contributed by atoms with Gasteiger partial charge >= 0.3 is 0 Å². The van der Waals surface area contributed by atoms with Gasteiger partial charge in [0.15, 0.2) is 5.82 Å². The van der Waals surface area contributed by atoms with Gasteiger partial charge in [-0.05, 0) is 24.6 Å². The summed E-state index contributed by atoms with van der Waals surface area (Å²) >= 11 is 0. The molecule has 0 unspecified atom stereocenters. The second kappa shape index (κ2) is 6.17. The number of rotatable bonds is 5. The molecule has 3 rings (SSSR count). The van der Waals surface area contributed by atoms with Crippen molar-refractivity contribution in [2.75, 3.05) is 19.7 Å². The summed E-state index contributed by atoms with van der Waals surface area (Å²) in [4.78, 5) is 17.3. The summed E-state index contributed by atoms with van der Waals surface area (Å²) in [6.07, 6.45) is 0.598. The summed E-state index contributed by atoms with van der Waals surface area (Å²) in [7, 11) is 0. The van der Waals surface area contributed by atoms with Crippen LogP contribution in [0.2, 0.25) is 0 Å². The zero-order valence-electron chi connectivity index (χ0n) is 12.8. The predicted octanol–water partition coefficient (Wildman–Crippen LogP) is 1.95. The average molecular weight is 301 g/mol. The van der Waals surface area contributed by atoms with E-state index in [1.54, 1.807) is 11.8 Å². The lowest BCUT2D eigenvalue weighted by molar-refractivity contribution is -0.133. The molecule has 1 aliphatic rings. The molecule has 116 valence electrons. The Bertz CT molecular complexity index is 662. The highest BCUT2D eigenvalue weighted by Crippen LogP contribution is 2.25. The monoisotopic (exact) mass is 301 g/mol. The second-order valence-electron chi connectivity index (χ2n) is 5.58. The molecule has 0 aliphatic carbocycles. The Morgan fingerprint density at radius 2 is 2.27 bits per heavy atom. The van der Waals surface area contributed by atoms with Crippen LogP contribution in [0.3, 0.4) is 0 Å². The Kier molecular flexibility index (Phi) is 4.09. The maximum atomic E-state index is 11.2. The van der Waals surface area contributed by atoms with Gasteiger partial charge < -0.3 is 14.2 Å². The minimum Gasteiger partial charge on any atom is -0.493 e. The number of carbonyl (C=O) groups is 1. The Balaban J connectivity index is 1.47. The van der Waals surface area contributed by atoms with Crippen molar-refractivity contribution in [3.8, 4) is 5.75 Å². The standard InChI is InChI=1S/C16H19N3O3/c1-11-4-3-5-14(8-11)21-7-6-15-17-16(22-18-15)13-9-19(10-13)12(2)20/h3-5,8,13H,6-7,9-10H2,1-2H3. The lowest BCUT2D eigenvalue weighted by atomic mass is 10.0. The van der Waals surface area contributed by atoms with Crippen molar-refractivity contribution in [3.63, 3.8) is 0 Å². The second-order valence-corrected chi connectivity index (χ2v) is 5.58. The summed E-state index contributed by atoms with van der Waals surface area (Å²) in [5.41, 5.74) is 1.17. The maximum absolute atomic E-state index is 11.2. The zero-order valence-corrected chi connectivity index (χ0v) is 12.8. The van der Waals surface area contributed by atoms with Crippen molar-refractivity contribution in [1.29, 1.82) is 0 Å². The van der Waals surface area contributed by atoms with Crippen LogP contribution in [-0.2, 0) is 11.2 Å². The van der Waals surface area contributed by atoms with Crippen LogP contribution in [0.5, 0.6) is 5.75 Å². The number of nitrogens with zero attached hydrogens (tertiary/aromatic N) is 3. The highest BCUT2D eigenvalue weighted by Gasteiger charge is 2.33. The number of likely N-dealkylation sites (tertiary alicyclic amines) is 1. The van der Waals surface area contributed by atoms with Crippen molar-refractivity contribution < 1.29 is 14.1 Å². The number of carbonyl (C=O) groups excluding carboxylic acids is 1. The van der Waals surface area contributed by atoms with E-state index < -0.39 is 0 Å². The van der Waals surface area contributed by atoms with Gasteiger partial charge in [0.1, 0.15) is 5.75 Å². The molecule has 1 aliphatic heterocycles. The quantitative estimate of drug-likeness (QED) is 0.844. The molecule has 0 saturated carbocycles. The van der Waals surface area contributed by atoms with Gasteiger partial charge in [0.2, 0.25) is 11.8 Å². The molecule has 0 spiro atoms. The van der Waals surface area contributed by atoms with E-state index in [0.29, 0.717) is 37.8 Å². The van der Waals surface area contributed by atoms with E-state index in [1.807, 2.05) is 31.2 Å². The number of benzene rings is 1. The lowest BCUT2D eigenvalue weighted by Crippen LogP contribution is -2.47. The fourth-order valence-electron chi connectivity index (χ4n) is 2.39. The molecule has 0 bridgehead atoms. The topological polar surface area (TPSA) is 68.5 Å². The Hall–Kier alpha value is -2.37. The molecule has 0 atom stereocenters. The molecule has 1 aromatic heterocycles. The summed E-state index contributed by atoms with van der Waals surface area (Å²) in [5.74, 6) is 2.36. The average Bonchev–Trinajstić information content (AvgIpc) is 2.85. The molecule has 22 heavy (non-hydrogen) atoms. The lowest BCUT2D eigenvalue weighted by Gasteiger charge is -2.36. The van der Waals surface area contributed by atoms with Gasteiger partial charge in [-0.25, -0.2) is 0 Å². The molecule has 1 aromatic carbocycles. The Labute approximate surface area is 129 Å². The first kappa shape index (κ1) is 14.6. The molecule has 0 radical (unpaired) electrons. The Morgan fingerprint density at radius 3 is 3.00 bits per heavy atom. The van der Waals surface area contributed by atoms with Crippen LogP contribution in [-0.4, -0.2) is 40.6 Å². The van der Waals surface area contributed by atoms with Crippen molar-refractivity contribution in [3.05, 3.63) is 41.5 Å². The first-order valence-corrected chi connectivity index (χ1v) is 7.39. The molecule has 2 heterocycles. The first-order valence-electron chi connectivity index (χ1n) is 7.39. The van der Waals surface area contributed by atoms with E-state index >= 15 is 0 Å². The maximum Gasteiger partial charge on any atom is 0.233 e. The van der Waals surface area contributed by atoms with Crippen LogP contribution < -0.4 is 4.74 Å². The van der Waals surface area contributed by atoms with E-state index in [2.05, 4.69) is 10.1 Å². The van der Waals surface area contributed by atoms with Gasteiger partial charge in [-0.15, -0.1) is 0 Å². The van der Waals surface area contributed by atoms with Crippen LogP contribution in [0, 0.1) is 6.92 Å². The molecule has 1 saturated heterocycles. The third-order valence-corrected chi connectivity index (χ3v) is 3.74. The van der Waals surface area contributed by atoms with Crippen LogP contribution in [0.25, 0.3) is 0 Å². The van der Waals surface area contributed by atoms with Crippen LogP contribution in [0.15, 0.2) is 28.8 Å². The number of aromatic nitrogens is 2. The van der Waals surface area contributed by atoms with Crippen molar-refractivity contribution >= 4 is 5.91 Å². The van der Waals surface area contributed by atoms with Gasteiger partial charge in [-0.2, -0.15) is 4.98 Å². The Morgan fingerprint density at radius 1 is 1.45 bits per heavy atom. The van der Waals surface area contributed by atoms with Gasteiger partial charge in [-0.1, -0.05) is 17.3 Å². The number of hydrogen-bond acceptors (Lipinski definition) is 5. The van der Waals surface area contributed by atoms with Crippen LogP contribution >= 0.6 is 0 Å². The number of hydrogen-bond donors (Lipinski definition) is 0. The predicted molar refractivity (Wildman–Crippen MR) is 79.7 cm³/mol. The largest absolute Gasteiger partial charge is 0.493 e. The van der Waals surface area contributed by atoms with Crippen molar-refractivity contribution in [2.24, 2.45) is 0 Å². The molecule has 0 N–H and O–H groups in total. The summed E-state index contributed by atoms with van der Waals surface area (Å²) in [6.45, 7) is 5.43. The smallest absolute Gasteiger partial charge is 0.233 e. The SMILES string of the molecule is CC(=O)N1CC(c2nc(CCOc3cccc(C)c3)no2)C1. The molecular weight excluding hydrogens is 282 g/mol. The number of amides is 1. The minimum atomic E-state index is 0.0857. The van der Waals surface area contributed by atoms with Crippen molar-refractivity contribution in [1.82, 2.24) is 15.0 Å². The summed E-state index contributed by atoms with van der Waals surface area (Å²) < 4.78 is 10.9. The molecule has 6 heteroatoms. The highest BCUT2D eigenvalue weighted by molar-refractivity contribution is 5.74. The van der Waals surface area contributed by atoms with E-state index in [1.165, 1.54) is 5.56 Å². The molecule has 1 amide bonds. The molecule has 2 aromatic rings. The normalized spacial score (nSPS) is 14.7. The van der Waals surface area contributed by atoms with Crippen molar-refractivity contribution in [2.45, 2.75) is 26.2 Å². The fraction of sp³-hybridized carbons (Fsp3) is 0.438. The number of ether oxygens (including phenoxy) is 1. The van der Waals surface area contributed by atoms with Crippen LogP contribution in [0.4, 0.5) is 0 Å². The summed E-state index contributed by atoms with van der Waals surface area (Å²) in [5, 5.41) is 3.97. The van der Waals surface area contributed by atoms with E-state index in [-0.39, 0.29) is 11.8 Å². The van der Waals surface area contributed by atoms with Crippen LogP contribution in [0.1, 0.15) is 30.1 Å². The highest BCUT2D eigenvalue weighted by atomic mass is 16.5. The van der Waals surface area contributed by atoms with Gasteiger partial charge in [0, 0.05) is 26.4 Å². The van der Waals surface area contributed by atoms with E-state index in [4.69, 9.17) is 9.26 Å². The minimum absolute atomic E-state index is 0.0857. The molecule has 6 nitrogen and oxygen atoms in total. The summed E-state index contributed by atoms with van der Waals surface area (Å²) in [6, 6.07) is 7.92. The van der Waals surface area contributed by atoms with E-state index in [9.17, 15) is 4.79 Å². The van der Waals surface area contributed by atoms with Gasteiger partial charge in [0.25, 0.3) is 0 Å². The third-order valence-electron chi connectivity index (χ3n) is 3.74. The first-order chi connectivity index (χ1) is 10.6.